The molecule has 1 aromatic heterocycles. The summed E-state index contributed by atoms with van der Waals surface area (Å²) in [5.41, 5.74) is 0.430. The molecule has 1 amide bonds. The molecule has 156 valence electrons. The average molecular weight is 467 g/mol. The number of halogens is 2. The zero-order valence-electron chi connectivity index (χ0n) is 15.5. The zero-order chi connectivity index (χ0) is 21.7. The summed E-state index contributed by atoms with van der Waals surface area (Å²) in [5, 5.41) is 2.20. The van der Waals surface area contributed by atoms with Gasteiger partial charge < -0.3 is 5.32 Å². The van der Waals surface area contributed by atoms with Gasteiger partial charge in [-0.05, 0) is 55.5 Å². The molecule has 30 heavy (non-hydrogen) atoms. The first-order chi connectivity index (χ1) is 14.2. The Morgan fingerprint density at radius 3 is 2.43 bits per heavy atom. The highest BCUT2D eigenvalue weighted by molar-refractivity contribution is 8.00. The van der Waals surface area contributed by atoms with Gasteiger partial charge in [-0.25, -0.2) is 27.5 Å². The molecule has 0 aliphatic rings. The summed E-state index contributed by atoms with van der Waals surface area (Å²) in [6.07, 6.45) is 2.84. The van der Waals surface area contributed by atoms with Crippen molar-refractivity contribution in [1.82, 2.24) is 9.97 Å². The molecule has 0 spiro atoms. The number of hydrogen-bond donors (Lipinski definition) is 2. The van der Waals surface area contributed by atoms with Gasteiger partial charge >= 0.3 is 0 Å². The maximum absolute atomic E-state index is 13.2. The topological polar surface area (TPSA) is 101 Å². The maximum Gasteiger partial charge on any atom is 0.264 e. The fraction of sp³-hybridized carbons (Fsp3) is 0.105. The Morgan fingerprint density at radius 2 is 1.80 bits per heavy atom. The fourth-order valence-corrected chi connectivity index (χ4v) is 4.41. The second-order valence-electron chi connectivity index (χ2n) is 6.03. The molecule has 7 nitrogen and oxygen atoms in total. The smallest absolute Gasteiger partial charge is 0.264 e. The van der Waals surface area contributed by atoms with Crippen molar-refractivity contribution in [3.05, 3.63) is 71.8 Å². The van der Waals surface area contributed by atoms with E-state index in [9.17, 15) is 17.6 Å². The van der Waals surface area contributed by atoms with Gasteiger partial charge in [-0.3, -0.25) is 4.79 Å². The molecule has 0 aliphatic heterocycles. The highest BCUT2D eigenvalue weighted by Crippen LogP contribution is 2.28. The van der Waals surface area contributed by atoms with Crippen LogP contribution in [0.5, 0.6) is 0 Å². The Bertz CT molecular complexity index is 1150. The van der Waals surface area contributed by atoms with Gasteiger partial charge in [0, 0.05) is 23.0 Å². The largest absolute Gasteiger partial charge is 0.325 e. The number of benzene rings is 2. The summed E-state index contributed by atoms with van der Waals surface area (Å²) in [5.74, 6) is -0.866. The highest BCUT2D eigenvalue weighted by Gasteiger charge is 2.18. The molecule has 0 radical (unpaired) electrons. The SMILES string of the molecule is CC(Sc1ccc(F)c(Cl)c1)C(=O)Nc1ccc(S(=O)(=O)Nc2ncccn2)cc1. The normalized spacial score (nSPS) is 12.2. The molecular weight excluding hydrogens is 451 g/mol. The molecule has 0 saturated heterocycles. The molecule has 11 heteroatoms. The number of carbonyl (C=O) groups excluding carboxylic acids is 1. The van der Waals surface area contributed by atoms with Gasteiger partial charge in [-0.15, -0.1) is 11.8 Å². The van der Waals surface area contributed by atoms with E-state index in [0.29, 0.717) is 10.6 Å². The van der Waals surface area contributed by atoms with Crippen molar-refractivity contribution >= 4 is 50.9 Å². The molecule has 3 aromatic rings. The minimum atomic E-state index is -3.86. The first kappa shape index (κ1) is 22.0. The molecule has 0 bridgehead atoms. The van der Waals surface area contributed by atoms with Crippen molar-refractivity contribution < 1.29 is 17.6 Å². The van der Waals surface area contributed by atoms with Crippen molar-refractivity contribution in [2.45, 2.75) is 22.0 Å². The molecular formula is C19H16ClFN4O3S2. The van der Waals surface area contributed by atoms with Gasteiger partial charge in [0.1, 0.15) is 5.82 Å². The van der Waals surface area contributed by atoms with Crippen molar-refractivity contribution in [2.24, 2.45) is 0 Å². The molecule has 1 atom stereocenters. The lowest BCUT2D eigenvalue weighted by Crippen LogP contribution is -2.22. The van der Waals surface area contributed by atoms with Crippen LogP contribution in [0.15, 0.2) is 70.7 Å². The molecule has 1 unspecified atom stereocenters. The minimum absolute atomic E-state index is 0.00340. The maximum atomic E-state index is 13.2. The third-order valence-corrected chi connectivity index (χ3v) is 6.52. The number of nitrogens with one attached hydrogen (secondary N) is 2. The van der Waals surface area contributed by atoms with Crippen molar-refractivity contribution in [3.8, 4) is 0 Å². The third kappa shape index (κ3) is 5.68. The summed E-state index contributed by atoms with van der Waals surface area (Å²) < 4.78 is 40.3. The summed E-state index contributed by atoms with van der Waals surface area (Å²) in [6, 6.07) is 11.5. The van der Waals surface area contributed by atoms with Crippen LogP contribution >= 0.6 is 23.4 Å². The third-order valence-electron chi connectivity index (χ3n) is 3.80. The van der Waals surface area contributed by atoms with Gasteiger partial charge in [0.05, 0.1) is 15.2 Å². The number of sulfonamides is 1. The van der Waals surface area contributed by atoms with Gasteiger partial charge in [0.25, 0.3) is 10.0 Å². The molecule has 3 rings (SSSR count). The van der Waals surface area contributed by atoms with Crippen LogP contribution in [-0.2, 0) is 14.8 Å². The summed E-state index contributed by atoms with van der Waals surface area (Å²) in [4.78, 5) is 20.7. The van der Waals surface area contributed by atoms with Crippen LogP contribution in [0.4, 0.5) is 16.0 Å². The number of hydrogen-bond acceptors (Lipinski definition) is 6. The van der Waals surface area contributed by atoms with E-state index in [0.717, 1.165) is 0 Å². The monoisotopic (exact) mass is 466 g/mol. The van der Waals surface area contributed by atoms with Crippen LogP contribution in [0, 0.1) is 5.82 Å². The predicted molar refractivity (Wildman–Crippen MR) is 115 cm³/mol. The summed E-state index contributed by atoms with van der Waals surface area (Å²) in [6.45, 7) is 1.69. The zero-order valence-corrected chi connectivity index (χ0v) is 17.9. The van der Waals surface area contributed by atoms with Crippen molar-refractivity contribution in [3.63, 3.8) is 0 Å². The number of rotatable bonds is 7. The summed E-state index contributed by atoms with van der Waals surface area (Å²) >= 11 is 6.98. The Morgan fingerprint density at radius 1 is 1.13 bits per heavy atom. The van der Waals surface area contributed by atoms with E-state index in [4.69, 9.17) is 11.6 Å². The molecule has 1 heterocycles. The standard InChI is InChI=1S/C19H16ClFN4O3S2/c1-12(29-14-5-8-17(21)16(20)11-14)18(26)24-13-3-6-15(7-4-13)30(27,28)25-19-22-9-2-10-23-19/h2-12H,1H3,(H,24,26)(H,22,23,25). The van der Waals surface area contributed by atoms with Crippen LogP contribution < -0.4 is 10.0 Å². The van der Waals surface area contributed by atoms with Crippen LogP contribution in [0.3, 0.4) is 0 Å². The van der Waals surface area contributed by atoms with Crippen LogP contribution in [-0.4, -0.2) is 29.5 Å². The lowest BCUT2D eigenvalue weighted by Gasteiger charge is -2.13. The van der Waals surface area contributed by atoms with E-state index < -0.39 is 21.1 Å². The van der Waals surface area contributed by atoms with Crippen LogP contribution in [0.2, 0.25) is 5.02 Å². The number of amides is 1. The van der Waals surface area contributed by atoms with E-state index in [1.54, 1.807) is 19.1 Å². The Hall–Kier alpha value is -2.69. The molecule has 0 aliphatic carbocycles. The fourth-order valence-electron chi connectivity index (χ4n) is 2.30. The molecule has 0 saturated carbocycles. The van der Waals surface area contributed by atoms with Crippen LogP contribution in [0.1, 0.15) is 6.92 Å². The number of nitrogens with zero attached hydrogens (tertiary/aromatic N) is 2. The van der Waals surface area contributed by atoms with E-state index in [1.807, 2.05) is 0 Å². The minimum Gasteiger partial charge on any atom is -0.325 e. The predicted octanol–water partition coefficient (Wildman–Crippen LogP) is 4.19. The van der Waals surface area contributed by atoms with Gasteiger partial charge in [-0.2, -0.15) is 0 Å². The van der Waals surface area contributed by atoms with Crippen LogP contribution in [0.25, 0.3) is 0 Å². The lowest BCUT2D eigenvalue weighted by molar-refractivity contribution is -0.115. The highest BCUT2D eigenvalue weighted by atomic mass is 35.5. The van der Waals surface area contributed by atoms with E-state index >= 15 is 0 Å². The Labute approximate surface area is 182 Å². The van der Waals surface area contributed by atoms with Gasteiger partial charge in [0.2, 0.25) is 11.9 Å². The quantitative estimate of drug-likeness (QED) is 0.506. The van der Waals surface area contributed by atoms with Crippen molar-refractivity contribution in [2.75, 3.05) is 10.0 Å². The number of aromatic nitrogens is 2. The number of thioether (sulfide) groups is 1. The number of anilines is 2. The van der Waals surface area contributed by atoms with E-state index in [2.05, 4.69) is 20.0 Å². The number of carbonyl (C=O) groups is 1. The molecule has 0 fully saturated rings. The Kier molecular flexibility index (Phi) is 6.91. The second kappa shape index (κ2) is 9.41. The first-order valence-corrected chi connectivity index (χ1v) is 11.3. The van der Waals surface area contributed by atoms with Crippen molar-refractivity contribution in [1.29, 1.82) is 0 Å². The molecule has 2 aromatic carbocycles. The van der Waals surface area contributed by atoms with Gasteiger partial charge in [-0.1, -0.05) is 11.6 Å². The van der Waals surface area contributed by atoms with E-state index in [-0.39, 0.29) is 21.8 Å². The Balaban J connectivity index is 1.63. The average Bonchev–Trinajstić information content (AvgIpc) is 2.71. The lowest BCUT2D eigenvalue weighted by atomic mass is 10.3. The first-order valence-electron chi connectivity index (χ1n) is 8.57. The van der Waals surface area contributed by atoms with Gasteiger partial charge in [0.15, 0.2) is 0 Å². The second-order valence-corrected chi connectivity index (χ2v) is 9.53. The van der Waals surface area contributed by atoms with E-state index in [1.165, 1.54) is 60.6 Å². The summed E-state index contributed by atoms with van der Waals surface area (Å²) in [7, 11) is -3.86. The molecule has 2 N–H and O–H groups in total.